The molecule has 2 aromatic carbocycles. The summed E-state index contributed by atoms with van der Waals surface area (Å²) in [6, 6.07) is 11.6. The number of hydrogen-bond donors (Lipinski definition) is 0. The van der Waals surface area contributed by atoms with E-state index in [2.05, 4.69) is 0 Å². The normalized spacial score (nSPS) is 12.6. The summed E-state index contributed by atoms with van der Waals surface area (Å²) in [6.07, 6.45) is 0.163. The predicted molar refractivity (Wildman–Crippen MR) is 120 cm³/mol. The first-order chi connectivity index (χ1) is 14.4. The van der Waals surface area contributed by atoms with Gasteiger partial charge in [0, 0.05) is 0 Å². The summed E-state index contributed by atoms with van der Waals surface area (Å²) >= 11 is 0. The van der Waals surface area contributed by atoms with E-state index < -0.39 is 20.6 Å². The fraction of sp³-hybridized carbons (Fsp3) is 0.524. The van der Waals surface area contributed by atoms with Crippen molar-refractivity contribution in [3.8, 4) is 5.75 Å². The standard InChI is InChI=1S/C21H32O7P2/c1-6-25-29(22,26-7-2)21(30(23,27-8-3)28-9-4)15-17-10-11-19-16-20(24-5)13-12-18(19)14-17/h10-14,16,21H,6-9,15H2,1-5H3. The van der Waals surface area contributed by atoms with E-state index in [0.29, 0.717) is 0 Å². The first kappa shape index (κ1) is 25.1. The number of hydrogen-bond acceptors (Lipinski definition) is 7. The predicted octanol–water partition coefficient (Wildman–Crippen LogP) is 6.25. The fourth-order valence-electron chi connectivity index (χ4n) is 3.27. The number of ether oxygens (including phenoxy) is 1. The molecule has 0 aliphatic carbocycles. The molecular formula is C21H32O7P2. The third-order valence-electron chi connectivity index (χ3n) is 4.50. The van der Waals surface area contributed by atoms with E-state index in [1.54, 1.807) is 34.8 Å². The largest absolute Gasteiger partial charge is 0.497 e. The van der Waals surface area contributed by atoms with E-state index in [1.807, 2.05) is 36.4 Å². The Labute approximate surface area is 179 Å². The minimum absolute atomic E-state index is 0.156. The van der Waals surface area contributed by atoms with Gasteiger partial charge in [-0.25, -0.2) is 0 Å². The molecule has 0 atom stereocenters. The molecule has 168 valence electrons. The highest BCUT2D eigenvalue weighted by atomic mass is 31.2. The van der Waals surface area contributed by atoms with Gasteiger partial charge in [0.2, 0.25) is 0 Å². The lowest BCUT2D eigenvalue weighted by Gasteiger charge is -2.31. The fourth-order valence-corrected chi connectivity index (χ4v) is 8.60. The van der Waals surface area contributed by atoms with Crippen molar-refractivity contribution in [2.24, 2.45) is 0 Å². The summed E-state index contributed by atoms with van der Waals surface area (Å²) in [5.41, 5.74) is 0.830. The Kier molecular flexibility index (Phi) is 9.55. The molecule has 30 heavy (non-hydrogen) atoms. The molecule has 2 rings (SSSR count). The Bertz CT molecular complexity index is 865. The van der Waals surface area contributed by atoms with Crippen LogP contribution in [0.5, 0.6) is 5.75 Å². The monoisotopic (exact) mass is 458 g/mol. The van der Waals surface area contributed by atoms with Crippen molar-refractivity contribution in [2.75, 3.05) is 33.5 Å². The summed E-state index contributed by atoms with van der Waals surface area (Å²) < 4.78 is 54.8. The van der Waals surface area contributed by atoms with Crippen molar-refractivity contribution in [1.29, 1.82) is 0 Å². The topological polar surface area (TPSA) is 80.3 Å². The van der Waals surface area contributed by atoms with Crippen molar-refractivity contribution in [1.82, 2.24) is 0 Å². The van der Waals surface area contributed by atoms with Crippen LogP contribution in [-0.2, 0) is 33.6 Å². The minimum Gasteiger partial charge on any atom is -0.497 e. The second kappa shape index (κ2) is 11.4. The van der Waals surface area contributed by atoms with E-state index in [0.717, 1.165) is 22.1 Å². The van der Waals surface area contributed by atoms with Gasteiger partial charge in [-0.3, -0.25) is 9.13 Å². The molecule has 0 spiro atoms. The Morgan fingerprint density at radius 2 is 1.20 bits per heavy atom. The molecule has 0 unspecified atom stereocenters. The zero-order valence-corrected chi connectivity index (χ0v) is 20.1. The molecule has 9 heteroatoms. The number of fused-ring (bicyclic) bond motifs is 1. The molecule has 0 amide bonds. The van der Waals surface area contributed by atoms with Crippen molar-refractivity contribution in [3.63, 3.8) is 0 Å². The van der Waals surface area contributed by atoms with Crippen LogP contribution in [0.2, 0.25) is 0 Å². The van der Waals surface area contributed by atoms with Crippen molar-refractivity contribution >= 4 is 26.0 Å². The van der Waals surface area contributed by atoms with Crippen molar-refractivity contribution < 1.29 is 32.0 Å². The molecule has 2 aromatic rings. The Morgan fingerprint density at radius 1 is 0.733 bits per heavy atom. The van der Waals surface area contributed by atoms with Crippen LogP contribution in [0.15, 0.2) is 36.4 Å². The maximum absolute atomic E-state index is 13.7. The summed E-state index contributed by atoms with van der Waals surface area (Å²) in [4.78, 5) is 0. The van der Waals surface area contributed by atoms with Crippen LogP contribution in [0.1, 0.15) is 33.3 Å². The van der Waals surface area contributed by atoms with E-state index in [-0.39, 0.29) is 32.8 Å². The van der Waals surface area contributed by atoms with Gasteiger partial charge in [0.15, 0.2) is 5.40 Å². The Hall–Kier alpha value is -1.20. The maximum atomic E-state index is 13.7. The van der Waals surface area contributed by atoms with Crippen LogP contribution < -0.4 is 4.74 Å². The van der Waals surface area contributed by atoms with Gasteiger partial charge < -0.3 is 22.8 Å². The number of rotatable bonds is 13. The van der Waals surface area contributed by atoms with Crippen LogP contribution in [0, 0.1) is 0 Å². The van der Waals surface area contributed by atoms with Gasteiger partial charge in [-0.2, -0.15) is 0 Å². The second-order valence-electron chi connectivity index (χ2n) is 6.48. The SMILES string of the molecule is CCOP(=O)(OCC)C(Cc1ccc2cc(OC)ccc2c1)P(=O)(OCC)OCC. The molecule has 0 radical (unpaired) electrons. The zero-order valence-electron chi connectivity index (χ0n) is 18.3. The first-order valence-corrected chi connectivity index (χ1v) is 13.4. The first-order valence-electron chi connectivity index (χ1n) is 10.2. The van der Waals surface area contributed by atoms with Gasteiger partial charge in [-0.15, -0.1) is 0 Å². The van der Waals surface area contributed by atoms with E-state index in [1.165, 1.54) is 0 Å². The lowest BCUT2D eigenvalue weighted by molar-refractivity contribution is 0.195. The molecule has 0 saturated carbocycles. The lowest BCUT2D eigenvalue weighted by atomic mass is 10.1. The van der Waals surface area contributed by atoms with Gasteiger partial charge in [0.25, 0.3) is 0 Å². The van der Waals surface area contributed by atoms with Gasteiger partial charge in [0.05, 0.1) is 33.5 Å². The molecular weight excluding hydrogens is 426 g/mol. The lowest BCUT2D eigenvalue weighted by Crippen LogP contribution is -2.20. The third kappa shape index (κ3) is 5.94. The van der Waals surface area contributed by atoms with E-state index in [4.69, 9.17) is 22.8 Å². The quantitative estimate of drug-likeness (QED) is 0.328. The Balaban J connectivity index is 2.51. The summed E-state index contributed by atoms with van der Waals surface area (Å²) in [5.74, 6) is 0.766. The highest BCUT2D eigenvalue weighted by molar-refractivity contribution is 7.72. The minimum atomic E-state index is -3.78. The molecule has 0 bridgehead atoms. The summed E-state index contributed by atoms with van der Waals surface area (Å²) in [7, 11) is -5.94. The van der Waals surface area contributed by atoms with Crippen LogP contribution >= 0.6 is 15.2 Å². The molecule has 0 aromatic heterocycles. The molecule has 0 fully saturated rings. The highest BCUT2D eigenvalue weighted by Crippen LogP contribution is 2.71. The zero-order chi connectivity index (χ0) is 22.2. The van der Waals surface area contributed by atoms with Crippen LogP contribution in [0.25, 0.3) is 10.8 Å². The third-order valence-corrected chi connectivity index (χ3v) is 10.5. The van der Waals surface area contributed by atoms with Gasteiger partial charge >= 0.3 is 15.2 Å². The van der Waals surface area contributed by atoms with Crippen LogP contribution in [0.3, 0.4) is 0 Å². The van der Waals surface area contributed by atoms with Gasteiger partial charge in [-0.1, -0.05) is 24.3 Å². The summed E-state index contributed by atoms with van der Waals surface area (Å²) in [6.45, 7) is 7.51. The van der Waals surface area contributed by atoms with E-state index >= 15 is 0 Å². The molecule has 0 heterocycles. The van der Waals surface area contributed by atoms with Gasteiger partial charge in [0.1, 0.15) is 5.75 Å². The van der Waals surface area contributed by atoms with Crippen LogP contribution in [-0.4, -0.2) is 38.9 Å². The average Bonchev–Trinajstić information content (AvgIpc) is 2.72. The summed E-state index contributed by atoms with van der Waals surface area (Å²) in [5, 5.41) is 0.920. The molecule has 7 nitrogen and oxygen atoms in total. The maximum Gasteiger partial charge on any atom is 0.346 e. The van der Waals surface area contributed by atoms with E-state index in [9.17, 15) is 9.13 Å². The highest BCUT2D eigenvalue weighted by Gasteiger charge is 2.50. The van der Waals surface area contributed by atoms with Crippen LogP contribution in [0.4, 0.5) is 0 Å². The molecule has 0 aliphatic rings. The average molecular weight is 458 g/mol. The smallest absolute Gasteiger partial charge is 0.346 e. The molecule has 0 N–H and O–H groups in total. The Morgan fingerprint density at radius 3 is 1.67 bits per heavy atom. The second-order valence-corrected chi connectivity index (χ2v) is 11.3. The van der Waals surface area contributed by atoms with Crippen molar-refractivity contribution in [2.45, 2.75) is 39.5 Å². The van der Waals surface area contributed by atoms with Gasteiger partial charge in [-0.05, 0) is 62.6 Å². The molecule has 0 saturated heterocycles. The van der Waals surface area contributed by atoms with Crippen molar-refractivity contribution in [3.05, 3.63) is 42.0 Å². The molecule has 0 aliphatic heterocycles. The number of methoxy groups -OCH3 is 1. The number of benzene rings is 2.